The van der Waals surface area contributed by atoms with Crippen LogP contribution in [0.4, 0.5) is 0 Å². The Morgan fingerprint density at radius 1 is 1.50 bits per heavy atom. The van der Waals surface area contributed by atoms with Crippen LogP contribution >= 0.6 is 0 Å². The monoisotopic (exact) mass is 216 g/mol. The van der Waals surface area contributed by atoms with E-state index in [9.17, 15) is 9.59 Å². The number of unbranched alkanes of at least 4 members (excludes halogenated alkanes) is 2. The molecular weight excluding hydrogens is 200 g/mol. The number of esters is 2. The molecule has 80 valence electrons. The van der Waals surface area contributed by atoms with Gasteiger partial charge in [0.15, 0.2) is 9.76 Å². The summed E-state index contributed by atoms with van der Waals surface area (Å²) in [5.74, 6) is -0.776. The first-order valence-corrected chi connectivity index (χ1v) is 6.45. The zero-order chi connectivity index (χ0) is 10.4. The number of ether oxygens (including phenoxy) is 1. The highest BCUT2D eigenvalue weighted by Crippen LogP contribution is 2.20. The Kier molecular flexibility index (Phi) is 4.82. The molecule has 1 aliphatic rings. The van der Waals surface area contributed by atoms with Crippen molar-refractivity contribution in [2.45, 2.75) is 38.1 Å². The first-order valence-electron chi connectivity index (χ1n) is 5.06. The van der Waals surface area contributed by atoms with E-state index < -0.39 is 15.7 Å². The first kappa shape index (κ1) is 11.4. The van der Waals surface area contributed by atoms with Crippen LogP contribution in [0.1, 0.15) is 32.6 Å². The molecular formula is C9H16O4Si. The molecule has 1 saturated heterocycles. The number of rotatable bonds is 6. The van der Waals surface area contributed by atoms with E-state index in [0.29, 0.717) is 0 Å². The molecule has 1 atom stereocenters. The van der Waals surface area contributed by atoms with Gasteiger partial charge in [0, 0.05) is 6.61 Å². The van der Waals surface area contributed by atoms with Gasteiger partial charge >= 0.3 is 11.9 Å². The van der Waals surface area contributed by atoms with Crippen LogP contribution in [0.25, 0.3) is 0 Å². The number of cyclic esters (lactones) is 2. The van der Waals surface area contributed by atoms with Gasteiger partial charge in [-0.2, -0.15) is 0 Å². The molecule has 0 N–H and O–H groups in total. The maximum atomic E-state index is 11.0. The van der Waals surface area contributed by atoms with Gasteiger partial charge in [0.1, 0.15) is 0 Å². The Morgan fingerprint density at radius 3 is 2.86 bits per heavy atom. The Bertz CT molecular complexity index is 217. The highest BCUT2D eigenvalue weighted by molar-refractivity contribution is 6.39. The first-order chi connectivity index (χ1) is 6.74. The lowest BCUT2D eigenvalue weighted by atomic mass is 10.3. The van der Waals surface area contributed by atoms with E-state index in [0.717, 1.165) is 25.9 Å². The van der Waals surface area contributed by atoms with Crippen LogP contribution in [0, 0.1) is 0 Å². The van der Waals surface area contributed by atoms with Crippen LogP contribution < -0.4 is 0 Å². The van der Waals surface area contributed by atoms with Crippen LogP contribution in [0.3, 0.4) is 0 Å². The average Bonchev–Trinajstić information content (AvgIpc) is 2.45. The van der Waals surface area contributed by atoms with Gasteiger partial charge in [0.2, 0.25) is 0 Å². The summed E-state index contributed by atoms with van der Waals surface area (Å²) in [5, 5.41) is 0. The summed E-state index contributed by atoms with van der Waals surface area (Å²) in [7, 11) is -0.915. The molecule has 0 aromatic heterocycles. The van der Waals surface area contributed by atoms with E-state index >= 15 is 0 Å². The normalized spacial score (nSPS) is 22.2. The van der Waals surface area contributed by atoms with Crippen molar-refractivity contribution in [1.29, 1.82) is 0 Å². The van der Waals surface area contributed by atoms with Crippen molar-refractivity contribution >= 4 is 21.7 Å². The van der Waals surface area contributed by atoms with Crippen molar-refractivity contribution in [2.75, 3.05) is 6.61 Å². The van der Waals surface area contributed by atoms with Crippen molar-refractivity contribution in [2.24, 2.45) is 0 Å². The Labute approximate surface area is 85.9 Å². The second kappa shape index (κ2) is 5.92. The van der Waals surface area contributed by atoms with Gasteiger partial charge in [-0.25, -0.2) is 0 Å². The Hall–Kier alpha value is -0.683. The van der Waals surface area contributed by atoms with Crippen LogP contribution in [0.5, 0.6) is 0 Å². The maximum Gasteiger partial charge on any atom is 0.316 e. The van der Waals surface area contributed by atoms with E-state index in [1.54, 1.807) is 0 Å². The SMILES string of the molecule is CCCCCO[SiH2]C1CC(=O)OC1=O. The molecule has 0 aliphatic carbocycles. The minimum atomic E-state index is -0.915. The fourth-order valence-electron chi connectivity index (χ4n) is 1.33. The third-order valence-corrected chi connectivity index (χ3v) is 3.72. The summed E-state index contributed by atoms with van der Waals surface area (Å²) in [6.07, 6.45) is 3.59. The van der Waals surface area contributed by atoms with Gasteiger partial charge in [-0.1, -0.05) is 19.8 Å². The lowest BCUT2D eigenvalue weighted by Crippen LogP contribution is -2.13. The summed E-state index contributed by atoms with van der Waals surface area (Å²) in [6.45, 7) is 2.85. The number of carbonyl (C=O) groups excluding carboxylic acids is 2. The maximum absolute atomic E-state index is 11.0. The second-order valence-electron chi connectivity index (χ2n) is 3.48. The number of hydrogen-bond donors (Lipinski definition) is 0. The van der Waals surface area contributed by atoms with Gasteiger partial charge in [-0.05, 0) is 6.42 Å². The van der Waals surface area contributed by atoms with Crippen molar-refractivity contribution in [1.82, 2.24) is 0 Å². The van der Waals surface area contributed by atoms with E-state index in [2.05, 4.69) is 11.7 Å². The summed E-state index contributed by atoms with van der Waals surface area (Å²) in [5.41, 5.74) is -0.232. The molecule has 0 radical (unpaired) electrons. The van der Waals surface area contributed by atoms with Crippen molar-refractivity contribution < 1.29 is 18.8 Å². The summed E-state index contributed by atoms with van der Waals surface area (Å²) in [4.78, 5) is 21.7. The predicted molar refractivity (Wildman–Crippen MR) is 53.5 cm³/mol. The molecule has 0 spiro atoms. The molecule has 0 amide bonds. The standard InChI is InChI=1S/C9H16O4Si/c1-2-3-4-5-12-14-7-6-8(10)13-9(7)11/h7H,2-6,14H2,1H3. The van der Waals surface area contributed by atoms with Gasteiger partial charge in [-0.15, -0.1) is 0 Å². The fourth-order valence-corrected chi connectivity index (χ4v) is 2.56. The summed E-state index contributed by atoms with van der Waals surface area (Å²) >= 11 is 0. The highest BCUT2D eigenvalue weighted by Gasteiger charge is 2.33. The van der Waals surface area contributed by atoms with Crippen molar-refractivity contribution in [3.63, 3.8) is 0 Å². The smallest absolute Gasteiger partial charge is 0.316 e. The predicted octanol–water partition coefficient (Wildman–Crippen LogP) is 0.539. The van der Waals surface area contributed by atoms with Gasteiger partial charge in [0.25, 0.3) is 0 Å². The van der Waals surface area contributed by atoms with Crippen molar-refractivity contribution in [3.8, 4) is 0 Å². The topological polar surface area (TPSA) is 52.6 Å². The number of hydrogen-bond acceptors (Lipinski definition) is 4. The minimum Gasteiger partial charge on any atom is -0.423 e. The molecule has 14 heavy (non-hydrogen) atoms. The van der Waals surface area contributed by atoms with E-state index in [1.165, 1.54) is 0 Å². The summed E-state index contributed by atoms with van der Waals surface area (Å²) < 4.78 is 9.85. The third kappa shape index (κ3) is 3.59. The van der Waals surface area contributed by atoms with E-state index in [4.69, 9.17) is 4.43 Å². The molecule has 1 rings (SSSR count). The highest BCUT2D eigenvalue weighted by atomic mass is 28.2. The van der Waals surface area contributed by atoms with Crippen LogP contribution in [0.2, 0.25) is 5.54 Å². The third-order valence-electron chi connectivity index (χ3n) is 2.17. The number of carbonyl (C=O) groups is 2. The molecule has 0 aromatic rings. The molecule has 1 fully saturated rings. The zero-order valence-electron chi connectivity index (χ0n) is 8.45. The van der Waals surface area contributed by atoms with E-state index in [-0.39, 0.29) is 17.9 Å². The molecule has 0 aromatic carbocycles. The molecule has 4 nitrogen and oxygen atoms in total. The molecule has 5 heteroatoms. The van der Waals surface area contributed by atoms with Crippen LogP contribution in [0.15, 0.2) is 0 Å². The average molecular weight is 216 g/mol. The summed E-state index contributed by atoms with van der Waals surface area (Å²) in [6, 6.07) is 0. The van der Waals surface area contributed by atoms with Gasteiger partial charge < -0.3 is 9.16 Å². The molecule has 1 aliphatic heterocycles. The lowest BCUT2D eigenvalue weighted by Gasteiger charge is -2.04. The van der Waals surface area contributed by atoms with Gasteiger partial charge in [0.05, 0.1) is 12.0 Å². The minimum absolute atomic E-state index is 0.232. The lowest BCUT2D eigenvalue weighted by molar-refractivity contribution is -0.152. The largest absolute Gasteiger partial charge is 0.423 e. The Morgan fingerprint density at radius 2 is 2.29 bits per heavy atom. The van der Waals surface area contributed by atoms with Gasteiger partial charge in [-0.3, -0.25) is 9.59 Å². The second-order valence-corrected chi connectivity index (χ2v) is 5.20. The van der Waals surface area contributed by atoms with E-state index in [1.807, 2.05) is 0 Å². The quantitative estimate of drug-likeness (QED) is 0.281. The molecule has 0 bridgehead atoms. The Balaban J connectivity index is 2.07. The molecule has 0 saturated carbocycles. The fraction of sp³-hybridized carbons (Fsp3) is 0.778. The molecule has 1 heterocycles. The molecule has 1 unspecified atom stereocenters. The van der Waals surface area contributed by atoms with Crippen LogP contribution in [-0.4, -0.2) is 28.3 Å². The zero-order valence-corrected chi connectivity index (χ0v) is 9.87. The van der Waals surface area contributed by atoms with Crippen molar-refractivity contribution in [3.05, 3.63) is 0 Å². The van der Waals surface area contributed by atoms with Crippen LogP contribution in [-0.2, 0) is 18.8 Å².